The predicted octanol–water partition coefficient (Wildman–Crippen LogP) is 7.57. The Hall–Kier alpha value is -2.41. The smallest absolute Gasteiger partial charge is 0.131 e. The molecule has 0 bridgehead atoms. The van der Waals surface area contributed by atoms with Gasteiger partial charge in [-0.25, -0.2) is 4.39 Å². The van der Waals surface area contributed by atoms with Crippen molar-refractivity contribution in [2.45, 2.75) is 58.8 Å². The third-order valence-electron chi connectivity index (χ3n) is 5.38. The van der Waals surface area contributed by atoms with Crippen molar-refractivity contribution in [3.8, 4) is 11.1 Å². The summed E-state index contributed by atoms with van der Waals surface area (Å²) in [4.78, 5) is 0. The first-order valence-electron chi connectivity index (χ1n) is 10.6. The second kappa shape index (κ2) is 10.2. The highest BCUT2D eigenvalue weighted by Crippen LogP contribution is 2.25. The fourth-order valence-corrected chi connectivity index (χ4v) is 3.63. The number of benzene rings is 3. The fourth-order valence-electron chi connectivity index (χ4n) is 3.63. The highest BCUT2D eigenvalue weighted by Gasteiger charge is 2.07. The van der Waals surface area contributed by atoms with E-state index in [9.17, 15) is 4.39 Å². The molecule has 0 aliphatic rings. The summed E-state index contributed by atoms with van der Waals surface area (Å²) in [6.45, 7) is 4.37. The zero-order valence-corrected chi connectivity index (χ0v) is 17.2. The molecule has 0 aromatic heterocycles. The van der Waals surface area contributed by atoms with Crippen molar-refractivity contribution < 1.29 is 4.39 Å². The van der Waals surface area contributed by atoms with Crippen LogP contribution in [0.4, 0.5) is 4.39 Å². The van der Waals surface area contributed by atoms with Gasteiger partial charge in [0.25, 0.3) is 0 Å². The average Bonchev–Trinajstić information content (AvgIpc) is 2.72. The molecule has 3 aromatic carbocycles. The molecule has 0 spiro atoms. The summed E-state index contributed by atoms with van der Waals surface area (Å²) < 4.78 is 14.5. The van der Waals surface area contributed by atoms with E-state index in [1.54, 1.807) is 6.07 Å². The van der Waals surface area contributed by atoms with E-state index in [4.69, 9.17) is 0 Å². The number of rotatable bonds is 9. The van der Waals surface area contributed by atoms with Crippen molar-refractivity contribution in [2.75, 3.05) is 0 Å². The van der Waals surface area contributed by atoms with Crippen molar-refractivity contribution in [3.05, 3.63) is 94.8 Å². The van der Waals surface area contributed by atoms with Crippen LogP contribution in [0.2, 0.25) is 0 Å². The highest BCUT2D eigenvalue weighted by molar-refractivity contribution is 5.64. The molecule has 0 radical (unpaired) electrons. The molecule has 0 heterocycles. The van der Waals surface area contributed by atoms with Crippen LogP contribution in [-0.2, 0) is 25.7 Å². The van der Waals surface area contributed by atoms with Gasteiger partial charge < -0.3 is 0 Å². The summed E-state index contributed by atoms with van der Waals surface area (Å²) in [6, 6.07) is 23.0. The minimum atomic E-state index is -0.117. The van der Waals surface area contributed by atoms with Crippen LogP contribution in [0.15, 0.2) is 66.7 Å². The zero-order chi connectivity index (χ0) is 19.8. The lowest BCUT2D eigenvalue weighted by molar-refractivity contribution is 0.627. The Labute approximate surface area is 169 Å². The lowest BCUT2D eigenvalue weighted by atomic mass is 9.98. The van der Waals surface area contributed by atoms with Gasteiger partial charge >= 0.3 is 0 Å². The van der Waals surface area contributed by atoms with E-state index in [1.807, 2.05) is 18.2 Å². The fraction of sp³-hybridized carbons (Fsp3) is 0.333. The molecular weight excluding hydrogens is 343 g/mol. The van der Waals surface area contributed by atoms with Crippen LogP contribution in [0, 0.1) is 5.82 Å². The maximum atomic E-state index is 14.5. The summed E-state index contributed by atoms with van der Waals surface area (Å²) >= 11 is 0. The topological polar surface area (TPSA) is 0 Å². The molecule has 1 heteroatoms. The van der Waals surface area contributed by atoms with Crippen molar-refractivity contribution >= 4 is 0 Å². The van der Waals surface area contributed by atoms with Crippen LogP contribution >= 0.6 is 0 Å². The van der Waals surface area contributed by atoms with Crippen LogP contribution in [0.5, 0.6) is 0 Å². The summed E-state index contributed by atoms with van der Waals surface area (Å²) in [5.74, 6) is -0.117. The Morgan fingerprint density at radius 1 is 0.571 bits per heavy atom. The molecule has 0 atom stereocenters. The largest absolute Gasteiger partial charge is 0.206 e. The molecule has 0 nitrogen and oxygen atoms in total. The third kappa shape index (κ3) is 5.55. The molecule has 0 N–H and O–H groups in total. The van der Waals surface area contributed by atoms with Gasteiger partial charge in [0.2, 0.25) is 0 Å². The van der Waals surface area contributed by atoms with Crippen molar-refractivity contribution in [1.82, 2.24) is 0 Å². The van der Waals surface area contributed by atoms with Crippen molar-refractivity contribution in [3.63, 3.8) is 0 Å². The molecule has 0 saturated heterocycles. The van der Waals surface area contributed by atoms with Crippen molar-refractivity contribution in [2.24, 2.45) is 0 Å². The average molecular weight is 375 g/mol. The summed E-state index contributed by atoms with van der Waals surface area (Å²) in [6.07, 6.45) is 7.57. The lowest BCUT2D eigenvalue weighted by Crippen LogP contribution is -1.93. The Morgan fingerprint density at radius 3 is 1.64 bits per heavy atom. The van der Waals surface area contributed by atoms with Gasteiger partial charge in [-0.1, -0.05) is 87.4 Å². The summed E-state index contributed by atoms with van der Waals surface area (Å²) in [5.41, 5.74) is 6.81. The minimum Gasteiger partial charge on any atom is -0.206 e. The minimum absolute atomic E-state index is 0.117. The van der Waals surface area contributed by atoms with Crippen LogP contribution in [0.3, 0.4) is 0 Å². The molecule has 3 rings (SSSR count). The van der Waals surface area contributed by atoms with Gasteiger partial charge in [0.15, 0.2) is 0 Å². The first kappa shape index (κ1) is 20.3. The zero-order valence-electron chi connectivity index (χ0n) is 17.2. The van der Waals surface area contributed by atoms with E-state index in [2.05, 4.69) is 56.3 Å². The Morgan fingerprint density at radius 2 is 1.11 bits per heavy atom. The van der Waals surface area contributed by atoms with Gasteiger partial charge in [-0.2, -0.15) is 0 Å². The Balaban J connectivity index is 1.61. The van der Waals surface area contributed by atoms with Gasteiger partial charge in [-0.15, -0.1) is 0 Å². The highest BCUT2D eigenvalue weighted by atomic mass is 19.1. The maximum Gasteiger partial charge on any atom is 0.131 e. The standard InChI is InChI=1S/C27H31F/c1-3-5-7-24-16-19-26(27(28)20-24)25-17-14-23(15-18-25)13-12-22-10-8-21(6-4-2)9-11-22/h8-11,14-20H,3-7,12-13H2,1-2H3. The third-order valence-corrected chi connectivity index (χ3v) is 5.38. The molecule has 146 valence electrons. The normalized spacial score (nSPS) is 11.0. The number of halogens is 1. The molecule has 0 fully saturated rings. The quantitative estimate of drug-likeness (QED) is 0.362. The Bertz CT molecular complexity index is 860. The van der Waals surface area contributed by atoms with E-state index in [1.165, 1.54) is 23.1 Å². The van der Waals surface area contributed by atoms with Crippen LogP contribution in [0.1, 0.15) is 55.4 Å². The molecular formula is C27H31F. The van der Waals surface area contributed by atoms with Gasteiger partial charge in [-0.05, 0) is 66.0 Å². The second-order valence-electron chi connectivity index (χ2n) is 7.68. The second-order valence-corrected chi connectivity index (χ2v) is 7.68. The van der Waals surface area contributed by atoms with E-state index in [0.29, 0.717) is 5.56 Å². The molecule has 0 amide bonds. The van der Waals surface area contributed by atoms with E-state index in [0.717, 1.165) is 49.7 Å². The Kier molecular flexibility index (Phi) is 7.42. The first-order chi connectivity index (χ1) is 13.7. The van der Waals surface area contributed by atoms with E-state index in [-0.39, 0.29) is 5.82 Å². The molecule has 3 aromatic rings. The van der Waals surface area contributed by atoms with Crippen molar-refractivity contribution in [1.29, 1.82) is 0 Å². The monoisotopic (exact) mass is 374 g/mol. The molecule has 0 unspecified atom stereocenters. The summed E-state index contributed by atoms with van der Waals surface area (Å²) in [7, 11) is 0. The van der Waals surface area contributed by atoms with Crippen LogP contribution in [-0.4, -0.2) is 0 Å². The lowest BCUT2D eigenvalue weighted by Gasteiger charge is -2.08. The molecule has 0 aliphatic carbocycles. The molecule has 0 saturated carbocycles. The first-order valence-corrected chi connectivity index (χ1v) is 10.6. The van der Waals surface area contributed by atoms with Gasteiger partial charge in [0.1, 0.15) is 5.82 Å². The number of hydrogen-bond donors (Lipinski definition) is 0. The van der Waals surface area contributed by atoms with Gasteiger partial charge in [0, 0.05) is 5.56 Å². The number of aryl methyl sites for hydroxylation is 4. The maximum absolute atomic E-state index is 14.5. The SMILES string of the molecule is CCCCc1ccc(-c2ccc(CCc3ccc(CCC)cc3)cc2)c(F)c1. The van der Waals surface area contributed by atoms with E-state index < -0.39 is 0 Å². The number of unbranched alkanes of at least 4 members (excludes halogenated alkanes) is 1. The molecule has 28 heavy (non-hydrogen) atoms. The van der Waals surface area contributed by atoms with Crippen LogP contribution in [0.25, 0.3) is 11.1 Å². The number of hydrogen-bond acceptors (Lipinski definition) is 0. The van der Waals surface area contributed by atoms with Crippen LogP contribution < -0.4 is 0 Å². The predicted molar refractivity (Wildman–Crippen MR) is 118 cm³/mol. The molecule has 0 aliphatic heterocycles. The van der Waals surface area contributed by atoms with Gasteiger partial charge in [0.05, 0.1) is 0 Å². The van der Waals surface area contributed by atoms with E-state index >= 15 is 0 Å². The summed E-state index contributed by atoms with van der Waals surface area (Å²) in [5, 5.41) is 0. The van der Waals surface area contributed by atoms with Gasteiger partial charge in [-0.3, -0.25) is 0 Å².